The van der Waals surface area contributed by atoms with Gasteiger partial charge in [0.1, 0.15) is 0 Å². The standard InChI is InChI=1S/C15H20O2/c1-9-4-6-12-10(2)5-7-13(14(12)8-9)11(3)15(16)17/h8,10,12H,3-7H2,1-2H3,(H,16,17). The third kappa shape index (κ3) is 2.21. The van der Waals surface area contributed by atoms with E-state index in [1.54, 1.807) is 0 Å². The van der Waals surface area contributed by atoms with Gasteiger partial charge in [0.15, 0.2) is 0 Å². The fraction of sp³-hybridized carbons (Fsp3) is 0.533. The summed E-state index contributed by atoms with van der Waals surface area (Å²) in [6.45, 7) is 8.14. The second-order valence-corrected chi connectivity index (χ2v) is 5.37. The molecule has 0 saturated heterocycles. The monoisotopic (exact) mass is 232 g/mol. The maximum atomic E-state index is 11.1. The molecule has 0 saturated carbocycles. The topological polar surface area (TPSA) is 37.3 Å². The lowest BCUT2D eigenvalue weighted by Crippen LogP contribution is -2.24. The Morgan fingerprint density at radius 2 is 2.12 bits per heavy atom. The number of carboxylic acid groups (broad SMARTS) is 1. The van der Waals surface area contributed by atoms with Crippen LogP contribution in [0.25, 0.3) is 0 Å². The number of carbonyl (C=O) groups is 1. The Labute approximate surface area is 103 Å². The number of hydrogen-bond donors (Lipinski definition) is 1. The maximum Gasteiger partial charge on any atom is 0.335 e. The molecule has 0 aromatic rings. The molecule has 0 radical (unpaired) electrons. The van der Waals surface area contributed by atoms with E-state index >= 15 is 0 Å². The molecular weight excluding hydrogens is 212 g/mol. The summed E-state index contributed by atoms with van der Waals surface area (Å²) in [6.07, 6.45) is 6.46. The van der Waals surface area contributed by atoms with E-state index < -0.39 is 5.97 Å². The van der Waals surface area contributed by atoms with Crippen molar-refractivity contribution >= 4 is 5.97 Å². The van der Waals surface area contributed by atoms with Gasteiger partial charge in [-0.1, -0.05) is 25.2 Å². The summed E-state index contributed by atoms with van der Waals surface area (Å²) in [7, 11) is 0. The highest BCUT2D eigenvalue weighted by molar-refractivity contribution is 5.91. The summed E-state index contributed by atoms with van der Waals surface area (Å²) in [4.78, 5) is 11.1. The van der Waals surface area contributed by atoms with Crippen molar-refractivity contribution in [1.29, 1.82) is 0 Å². The fourth-order valence-corrected chi connectivity index (χ4v) is 3.06. The Kier molecular flexibility index (Phi) is 3.23. The van der Waals surface area contributed by atoms with E-state index in [0.717, 1.165) is 31.3 Å². The van der Waals surface area contributed by atoms with Gasteiger partial charge in [-0.3, -0.25) is 0 Å². The zero-order chi connectivity index (χ0) is 12.6. The van der Waals surface area contributed by atoms with Gasteiger partial charge >= 0.3 is 5.97 Å². The van der Waals surface area contributed by atoms with E-state index in [9.17, 15) is 4.79 Å². The van der Waals surface area contributed by atoms with E-state index in [4.69, 9.17) is 5.11 Å². The summed E-state index contributed by atoms with van der Waals surface area (Å²) in [6, 6.07) is 0. The van der Waals surface area contributed by atoms with Crippen LogP contribution in [-0.4, -0.2) is 11.1 Å². The first kappa shape index (κ1) is 12.2. The van der Waals surface area contributed by atoms with Crippen molar-refractivity contribution in [3.63, 3.8) is 0 Å². The minimum atomic E-state index is -0.877. The van der Waals surface area contributed by atoms with Crippen LogP contribution in [0.2, 0.25) is 0 Å². The Morgan fingerprint density at radius 1 is 1.41 bits per heavy atom. The SMILES string of the molecule is C=C(C(=O)O)C1=C2C=C(C)CCC2C(C)CC1. The molecule has 2 aliphatic carbocycles. The maximum absolute atomic E-state index is 11.1. The van der Waals surface area contributed by atoms with Crippen LogP contribution in [0, 0.1) is 11.8 Å². The third-order valence-corrected chi connectivity index (χ3v) is 4.16. The van der Waals surface area contributed by atoms with Crippen LogP contribution < -0.4 is 0 Å². The van der Waals surface area contributed by atoms with Gasteiger partial charge in [0.2, 0.25) is 0 Å². The predicted molar refractivity (Wildman–Crippen MR) is 68.7 cm³/mol. The molecular formula is C15H20O2. The molecule has 0 aliphatic heterocycles. The summed E-state index contributed by atoms with van der Waals surface area (Å²) < 4.78 is 0. The lowest BCUT2D eigenvalue weighted by molar-refractivity contribution is -0.132. The molecule has 2 nitrogen and oxygen atoms in total. The molecule has 0 amide bonds. The molecule has 0 aromatic heterocycles. The Bertz CT molecular complexity index is 426. The van der Waals surface area contributed by atoms with E-state index in [1.165, 1.54) is 11.1 Å². The highest BCUT2D eigenvalue weighted by Crippen LogP contribution is 2.43. The lowest BCUT2D eigenvalue weighted by Gasteiger charge is -2.35. The normalized spacial score (nSPS) is 28.5. The van der Waals surface area contributed by atoms with Crippen molar-refractivity contribution < 1.29 is 9.90 Å². The minimum Gasteiger partial charge on any atom is -0.478 e. The first-order valence-electron chi connectivity index (χ1n) is 6.33. The molecule has 0 aromatic carbocycles. The van der Waals surface area contributed by atoms with Crippen molar-refractivity contribution in [2.45, 2.75) is 39.5 Å². The summed E-state index contributed by atoms with van der Waals surface area (Å²) >= 11 is 0. The molecule has 0 heterocycles. The largest absolute Gasteiger partial charge is 0.478 e. The van der Waals surface area contributed by atoms with Crippen LogP contribution in [0.15, 0.2) is 34.9 Å². The molecule has 2 rings (SSSR count). The first-order valence-corrected chi connectivity index (χ1v) is 6.33. The summed E-state index contributed by atoms with van der Waals surface area (Å²) in [5.41, 5.74) is 3.89. The molecule has 2 aliphatic rings. The molecule has 2 unspecified atom stereocenters. The van der Waals surface area contributed by atoms with Crippen molar-refractivity contribution in [3.05, 3.63) is 34.9 Å². The van der Waals surface area contributed by atoms with Gasteiger partial charge in [0.05, 0.1) is 5.57 Å². The number of carboxylic acids is 1. The van der Waals surface area contributed by atoms with Crippen LogP contribution in [0.4, 0.5) is 0 Å². The molecule has 0 spiro atoms. The Balaban J connectivity index is 2.46. The van der Waals surface area contributed by atoms with Gasteiger partial charge in [-0.15, -0.1) is 0 Å². The lowest BCUT2D eigenvalue weighted by atomic mass is 9.69. The Morgan fingerprint density at radius 3 is 2.76 bits per heavy atom. The summed E-state index contributed by atoms with van der Waals surface area (Å²) in [5.74, 6) is 0.329. The molecule has 0 bridgehead atoms. The third-order valence-electron chi connectivity index (χ3n) is 4.16. The highest BCUT2D eigenvalue weighted by atomic mass is 16.4. The summed E-state index contributed by atoms with van der Waals surface area (Å²) in [5, 5.41) is 9.10. The number of aliphatic carboxylic acids is 1. The van der Waals surface area contributed by atoms with Crippen molar-refractivity contribution in [2.24, 2.45) is 11.8 Å². The van der Waals surface area contributed by atoms with E-state index in [-0.39, 0.29) is 0 Å². The molecule has 2 heteroatoms. The van der Waals surface area contributed by atoms with Crippen LogP contribution in [0.3, 0.4) is 0 Å². The van der Waals surface area contributed by atoms with Gasteiger partial charge in [0.25, 0.3) is 0 Å². The quantitative estimate of drug-likeness (QED) is 0.737. The molecule has 2 atom stereocenters. The molecule has 0 fully saturated rings. The molecule has 1 N–H and O–H groups in total. The fourth-order valence-electron chi connectivity index (χ4n) is 3.06. The predicted octanol–water partition coefficient (Wildman–Crippen LogP) is 3.71. The van der Waals surface area contributed by atoms with Gasteiger partial charge in [-0.2, -0.15) is 0 Å². The average Bonchev–Trinajstić information content (AvgIpc) is 2.28. The van der Waals surface area contributed by atoms with Crippen molar-refractivity contribution in [1.82, 2.24) is 0 Å². The highest BCUT2D eigenvalue weighted by Gasteiger charge is 2.31. The van der Waals surface area contributed by atoms with E-state index in [2.05, 4.69) is 26.5 Å². The van der Waals surface area contributed by atoms with Crippen LogP contribution in [0.5, 0.6) is 0 Å². The second-order valence-electron chi connectivity index (χ2n) is 5.37. The van der Waals surface area contributed by atoms with Crippen LogP contribution >= 0.6 is 0 Å². The zero-order valence-corrected chi connectivity index (χ0v) is 10.6. The second kappa shape index (κ2) is 4.52. The van der Waals surface area contributed by atoms with Crippen LogP contribution in [-0.2, 0) is 4.79 Å². The number of fused-ring (bicyclic) bond motifs is 1. The number of rotatable bonds is 2. The smallest absolute Gasteiger partial charge is 0.335 e. The number of allylic oxidation sites excluding steroid dienone is 3. The molecule has 17 heavy (non-hydrogen) atoms. The van der Waals surface area contributed by atoms with Crippen molar-refractivity contribution in [3.8, 4) is 0 Å². The number of hydrogen-bond acceptors (Lipinski definition) is 1. The van der Waals surface area contributed by atoms with Gasteiger partial charge in [-0.25, -0.2) is 4.79 Å². The van der Waals surface area contributed by atoms with Crippen molar-refractivity contribution in [2.75, 3.05) is 0 Å². The van der Waals surface area contributed by atoms with Gasteiger partial charge < -0.3 is 5.11 Å². The molecule has 92 valence electrons. The van der Waals surface area contributed by atoms with Gasteiger partial charge in [-0.05, 0) is 55.6 Å². The minimum absolute atomic E-state index is 0.294. The van der Waals surface area contributed by atoms with E-state index in [0.29, 0.717) is 17.4 Å². The first-order chi connectivity index (χ1) is 8.00. The van der Waals surface area contributed by atoms with Gasteiger partial charge in [0, 0.05) is 0 Å². The Hall–Kier alpha value is -1.31. The van der Waals surface area contributed by atoms with E-state index in [1.807, 2.05) is 0 Å². The average molecular weight is 232 g/mol. The van der Waals surface area contributed by atoms with Crippen LogP contribution in [0.1, 0.15) is 39.5 Å². The zero-order valence-electron chi connectivity index (χ0n) is 10.6.